The number of nitrogens with zero attached hydrogens (tertiary/aromatic N) is 1. The van der Waals surface area contributed by atoms with Crippen LogP contribution in [0.15, 0.2) is 0 Å². The van der Waals surface area contributed by atoms with Crippen molar-refractivity contribution in [1.29, 1.82) is 0 Å². The molecule has 1 saturated heterocycles. The van der Waals surface area contributed by atoms with Gasteiger partial charge in [0.15, 0.2) is 0 Å². The molecule has 0 aromatic rings. The Morgan fingerprint density at radius 2 is 1.83 bits per heavy atom. The molecule has 164 valence electrons. The summed E-state index contributed by atoms with van der Waals surface area (Å²) in [5.41, 5.74) is 5.74. The Morgan fingerprint density at radius 1 is 1.17 bits per heavy atom. The molecule has 0 saturated carbocycles. The maximum Gasteiger partial charge on any atom is 0.326 e. The summed E-state index contributed by atoms with van der Waals surface area (Å²) < 4.78 is 0. The Balaban J connectivity index is 2.71. The second kappa shape index (κ2) is 11.3. The van der Waals surface area contributed by atoms with E-state index in [2.05, 4.69) is 10.6 Å². The van der Waals surface area contributed by atoms with Gasteiger partial charge < -0.3 is 31.5 Å². The predicted molar refractivity (Wildman–Crippen MR) is 102 cm³/mol. The molecule has 1 heterocycles. The van der Waals surface area contributed by atoms with E-state index in [1.54, 1.807) is 0 Å². The number of hydrogen-bond acceptors (Lipinski definition) is 6. The number of nitrogens with one attached hydrogen (secondary N) is 2. The van der Waals surface area contributed by atoms with Crippen LogP contribution in [0.3, 0.4) is 0 Å². The molecule has 29 heavy (non-hydrogen) atoms. The number of amides is 3. The highest BCUT2D eigenvalue weighted by Gasteiger charge is 2.37. The van der Waals surface area contributed by atoms with E-state index in [4.69, 9.17) is 10.8 Å². The topological polar surface area (TPSA) is 179 Å². The number of nitrogens with two attached hydrogens (primary N) is 1. The molecule has 0 radical (unpaired) electrons. The SMILES string of the molecule is CC(C)CC(N)C(=O)NCC(=O)NC(CCC(=O)O)C(=O)N1CCCC1C(=O)O. The zero-order valence-corrected chi connectivity index (χ0v) is 16.7. The van der Waals surface area contributed by atoms with Gasteiger partial charge in [0.2, 0.25) is 17.7 Å². The molecule has 11 heteroatoms. The summed E-state index contributed by atoms with van der Waals surface area (Å²) in [6.07, 6.45) is 0.673. The molecule has 1 aliphatic rings. The molecule has 1 rings (SSSR count). The Kier molecular flexibility index (Phi) is 9.53. The Hall–Kier alpha value is -2.69. The van der Waals surface area contributed by atoms with Gasteiger partial charge in [-0.05, 0) is 31.6 Å². The third kappa shape index (κ3) is 8.06. The zero-order valence-electron chi connectivity index (χ0n) is 16.7. The van der Waals surface area contributed by atoms with Gasteiger partial charge in [0.25, 0.3) is 0 Å². The van der Waals surface area contributed by atoms with Gasteiger partial charge in [-0.2, -0.15) is 0 Å². The molecular weight excluding hydrogens is 384 g/mol. The minimum absolute atomic E-state index is 0.191. The second-order valence-corrected chi connectivity index (χ2v) is 7.53. The summed E-state index contributed by atoms with van der Waals surface area (Å²) in [5.74, 6) is -3.94. The lowest BCUT2D eigenvalue weighted by molar-refractivity contribution is -0.149. The molecule has 3 amide bonds. The molecule has 1 fully saturated rings. The lowest BCUT2D eigenvalue weighted by Gasteiger charge is -2.27. The summed E-state index contributed by atoms with van der Waals surface area (Å²) in [4.78, 5) is 60.2. The molecule has 3 unspecified atom stereocenters. The van der Waals surface area contributed by atoms with Gasteiger partial charge >= 0.3 is 11.9 Å². The highest BCUT2D eigenvalue weighted by molar-refractivity contribution is 5.93. The first-order valence-electron chi connectivity index (χ1n) is 9.60. The third-order valence-electron chi connectivity index (χ3n) is 4.59. The summed E-state index contributed by atoms with van der Waals surface area (Å²) in [6.45, 7) is 3.60. The smallest absolute Gasteiger partial charge is 0.326 e. The summed E-state index contributed by atoms with van der Waals surface area (Å²) in [5, 5.41) is 22.9. The van der Waals surface area contributed by atoms with Crippen molar-refractivity contribution in [3.63, 3.8) is 0 Å². The monoisotopic (exact) mass is 414 g/mol. The van der Waals surface area contributed by atoms with Crippen molar-refractivity contribution >= 4 is 29.7 Å². The molecule has 0 spiro atoms. The maximum atomic E-state index is 12.7. The molecule has 0 aromatic carbocycles. The van der Waals surface area contributed by atoms with E-state index < -0.39 is 54.3 Å². The van der Waals surface area contributed by atoms with Crippen molar-refractivity contribution in [1.82, 2.24) is 15.5 Å². The van der Waals surface area contributed by atoms with Crippen LogP contribution in [-0.2, 0) is 24.0 Å². The highest BCUT2D eigenvalue weighted by Crippen LogP contribution is 2.19. The quantitative estimate of drug-likeness (QED) is 0.283. The maximum absolute atomic E-state index is 12.7. The normalized spacial score (nSPS) is 18.2. The number of carboxylic acids is 2. The minimum Gasteiger partial charge on any atom is -0.481 e. The van der Waals surface area contributed by atoms with Gasteiger partial charge in [-0.25, -0.2) is 4.79 Å². The minimum atomic E-state index is -1.19. The van der Waals surface area contributed by atoms with Gasteiger partial charge in [-0.1, -0.05) is 13.8 Å². The number of carbonyl (C=O) groups excluding carboxylic acids is 3. The number of likely N-dealkylation sites (tertiary alicyclic amines) is 1. The highest BCUT2D eigenvalue weighted by atomic mass is 16.4. The van der Waals surface area contributed by atoms with Crippen LogP contribution < -0.4 is 16.4 Å². The molecular formula is C18H30N4O7. The molecule has 1 aliphatic heterocycles. The zero-order chi connectivity index (χ0) is 22.1. The largest absolute Gasteiger partial charge is 0.481 e. The van der Waals surface area contributed by atoms with E-state index >= 15 is 0 Å². The Bertz CT molecular complexity index is 638. The van der Waals surface area contributed by atoms with Gasteiger partial charge in [0, 0.05) is 13.0 Å². The fraction of sp³-hybridized carbons (Fsp3) is 0.722. The van der Waals surface area contributed by atoms with Crippen molar-refractivity contribution in [3.05, 3.63) is 0 Å². The Labute approximate surface area is 169 Å². The standard InChI is InChI=1S/C18H30N4O7/c1-10(2)8-11(19)16(26)20-9-14(23)21-12(5-6-15(24)25)17(27)22-7-3-4-13(22)18(28)29/h10-13H,3-9,19H2,1-2H3,(H,20,26)(H,21,23)(H,24,25)(H,28,29). The second-order valence-electron chi connectivity index (χ2n) is 7.53. The van der Waals surface area contributed by atoms with Crippen molar-refractivity contribution in [2.45, 2.75) is 64.1 Å². The van der Waals surface area contributed by atoms with Crippen LogP contribution in [0.25, 0.3) is 0 Å². The van der Waals surface area contributed by atoms with Crippen LogP contribution in [0.2, 0.25) is 0 Å². The van der Waals surface area contributed by atoms with Gasteiger partial charge in [-0.3, -0.25) is 19.2 Å². The molecule has 11 nitrogen and oxygen atoms in total. The van der Waals surface area contributed by atoms with E-state index in [-0.39, 0.29) is 25.3 Å². The van der Waals surface area contributed by atoms with E-state index in [1.807, 2.05) is 13.8 Å². The van der Waals surface area contributed by atoms with Crippen LogP contribution in [0.1, 0.15) is 46.0 Å². The summed E-state index contributed by atoms with van der Waals surface area (Å²) >= 11 is 0. The van der Waals surface area contributed by atoms with E-state index in [0.29, 0.717) is 19.3 Å². The molecule has 6 N–H and O–H groups in total. The third-order valence-corrected chi connectivity index (χ3v) is 4.59. The molecule has 0 bridgehead atoms. The lowest BCUT2D eigenvalue weighted by Crippen LogP contribution is -2.54. The van der Waals surface area contributed by atoms with E-state index in [0.717, 1.165) is 4.90 Å². The average molecular weight is 414 g/mol. The van der Waals surface area contributed by atoms with Crippen molar-refractivity contribution < 1.29 is 34.2 Å². The van der Waals surface area contributed by atoms with Crippen LogP contribution in [-0.4, -0.2) is 76.0 Å². The van der Waals surface area contributed by atoms with E-state index in [1.165, 1.54) is 0 Å². The fourth-order valence-corrected chi connectivity index (χ4v) is 3.17. The number of aliphatic carboxylic acids is 2. The van der Waals surface area contributed by atoms with Gasteiger partial charge in [-0.15, -0.1) is 0 Å². The molecule has 3 atom stereocenters. The van der Waals surface area contributed by atoms with Crippen molar-refractivity contribution in [2.24, 2.45) is 11.7 Å². The fourth-order valence-electron chi connectivity index (χ4n) is 3.17. The number of rotatable bonds is 11. The van der Waals surface area contributed by atoms with Crippen LogP contribution in [0, 0.1) is 5.92 Å². The first-order chi connectivity index (χ1) is 13.5. The number of hydrogen-bond donors (Lipinski definition) is 5. The number of carbonyl (C=O) groups is 5. The van der Waals surface area contributed by atoms with Crippen LogP contribution in [0.5, 0.6) is 0 Å². The van der Waals surface area contributed by atoms with Gasteiger partial charge in [0.05, 0.1) is 12.6 Å². The predicted octanol–water partition coefficient (Wildman–Crippen LogP) is -1.10. The average Bonchev–Trinajstić information content (AvgIpc) is 3.11. The van der Waals surface area contributed by atoms with Crippen molar-refractivity contribution in [3.8, 4) is 0 Å². The summed E-state index contributed by atoms with van der Waals surface area (Å²) in [7, 11) is 0. The molecule has 0 aromatic heterocycles. The number of carboxylic acid groups (broad SMARTS) is 2. The van der Waals surface area contributed by atoms with Crippen molar-refractivity contribution in [2.75, 3.05) is 13.1 Å². The first-order valence-corrected chi connectivity index (χ1v) is 9.60. The Morgan fingerprint density at radius 3 is 2.38 bits per heavy atom. The van der Waals surface area contributed by atoms with Crippen LogP contribution >= 0.6 is 0 Å². The van der Waals surface area contributed by atoms with Gasteiger partial charge in [0.1, 0.15) is 12.1 Å². The summed E-state index contributed by atoms with van der Waals surface area (Å²) in [6, 6.07) is -2.96. The molecule has 0 aliphatic carbocycles. The first kappa shape index (κ1) is 24.3. The van der Waals surface area contributed by atoms with E-state index in [9.17, 15) is 29.1 Å². The lowest BCUT2D eigenvalue weighted by atomic mass is 10.0. The van der Waals surface area contributed by atoms with Crippen LogP contribution in [0.4, 0.5) is 0 Å².